The Bertz CT molecular complexity index is 765. The molecule has 2 N–H and O–H groups in total. The summed E-state index contributed by atoms with van der Waals surface area (Å²) in [4.78, 5) is 24.3. The van der Waals surface area contributed by atoms with Crippen LogP contribution in [-0.2, 0) is 14.8 Å². The van der Waals surface area contributed by atoms with E-state index in [1.165, 1.54) is 7.11 Å². The molecule has 2 rings (SSSR count). The minimum Gasteiger partial charge on any atom is -0.497 e. The van der Waals surface area contributed by atoms with Crippen LogP contribution < -0.4 is 20.1 Å². The molecule has 26 heavy (non-hydrogen) atoms. The molecule has 144 valence electrons. The maximum atomic E-state index is 12.4. The van der Waals surface area contributed by atoms with E-state index in [0.29, 0.717) is 23.5 Å². The second-order valence-corrected chi connectivity index (χ2v) is 7.75. The molecule has 0 spiro atoms. The van der Waals surface area contributed by atoms with Crippen molar-refractivity contribution in [3.63, 3.8) is 0 Å². The molecule has 1 aromatic carbocycles. The topological polar surface area (TPSA) is 114 Å². The maximum Gasteiger partial charge on any atom is 0.255 e. The van der Waals surface area contributed by atoms with Crippen LogP contribution in [0.4, 0.5) is 0 Å². The predicted molar refractivity (Wildman–Crippen MR) is 94.9 cm³/mol. The van der Waals surface area contributed by atoms with Crippen LogP contribution in [0.15, 0.2) is 18.2 Å². The van der Waals surface area contributed by atoms with Gasteiger partial charge in [0.25, 0.3) is 5.91 Å². The predicted octanol–water partition coefficient (Wildman–Crippen LogP) is -0.415. The fourth-order valence-electron chi connectivity index (χ4n) is 2.42. The fraction of sp³-hybridized carbons (Fsp3) is 0.500. The number of hydrogen-bond acceptors (Lipinski definition) is 6. The van der Waals surface area contributed by atoms with Crippen LogP contribution in [-0.4, -0.2) is 70.7 Å². The summed E-state index contributed by atoms with van der Waals surface area (Å²) >= 11 is 0. The number of sulfonamides is 1. The third-order valence-electron chi connectivity index (χ3n) is 3.77. The van der Waals surface area contributed by atoms with Gasteiger partial charge in [0.2, 0.25) is 15.9 Å². The highest BCUT2D eigenvalue weighted by molar-refractivity contribution is 7.88. The molecular weight excluding hydrogens is 362 g/mol. The minimum atomic E-state index is -3.52. The molecule has 1 aromatic rings. The SMILES string of the molecule is COc1ccc2c(c1)OCCNC(=O)CN(S(C)(=O)=O)CCCNC2=O. The molecule has 0 saturated carbocycles. The Hall–Kier alpha value is -2.33. The first-order valence-electron chi connectivity index (χ1n) is 8.12. The van der Waals surface area contributed by atoms with Crippen LogP contribution >= 0.6 is 0 Å². The highest BCUT2D eigenvalue weighted by Gasteiger charge is 2.20. The zero-order chi connectivity index (χ0) is 19.2. The van der Waals surface area contributed by atoms with Gasteiger partial charge in [0.05, 0.1) is 32.0 Å². The molecule has 0 bridgehead atoms. The lowest BCUT2D eigenvalue weighted by Gasteiger charge is -2.20. The Morgan fingerprint density at radius 1 is 1.19 bits per heavy atom. The van der Waals surface area contributed by atoms with Crippen molar-refractivity contribution >= 4 is 21.8 Å². The van der Waals surface area contributed by atoms with Crippen LogP contribution in [0.2, 0.25) is 0 Å². The summed E-state index contributed by atoms with van der Waals surface area (Å²) in [6.45, 7) is 0.431. The smallest absolute Gasteiger partial charge is 0.255 e. The zero-order valence-corrected chi connectivity index (χ0v) is 15.6. The number of fused-ring (bicyclic) bond motifs is 1. The number of benzene rings is 1. The van der Waals surface area contributed by atoms with Gasteiger partial charge in [-0.2, -0.15) is 4.31 Å². The lowest BCUT2D eigenvalue weighted by Crippen LogP contribution is -2.42. The molecule has 0 saturated heterocycles. The summed E-state index contributed by atoms with van der Waals surface area (Å²) in [5.41, 5.74) is 0.342. The van der Waals surface area contributed by atoms with E-state index >= 15 is 0 Å². The molecule has 1 aliphatic heterocycles. The van der Waals surface area contributed by atoms with Gasteiger partial charge in [0, 0.05) is 19.2 Å². The first-order valence-corrected chi connectivity index (χ1v) is 9.97. The molecule has 1 heterocycles. The number of nitrogens with zero attached hydrogens (tertiary/aromatic N) is 1. The van der Waals surface area contributed by atoms with Gasteiger partial charge in [0.15, 0.2) is 0 Å². The van der Waals surface area contributed by atoms with Gasteiger partial charge in [-0.25, -0.2) is 8.42 Å². The van der Waals surface area contributed by atoms with E-state index in [1.54, 1.807) is 18.2 Å². The Labute approximate surface area is 152 Å². The van der Waals surface area contributed by atoms with E-state index in [2.05, 4.69) is 10.6 Å². The van der Waals surface area contributed by atoms with Gasteiger partial charge < -0.3 is 20.1 Å². The molecule has 0 aromatic heterocycles. The summed E-state index contributed by atoms with van der Waals surface area (Å²) in [6, 6.07) is 4.85. The molecule has 0 unspecified atom stereocenters. The van der Waals surface area contributed by atoms with Gasteiger partial charge in [0.1, 0.15) is 18.1 Å². The molecule has 0 atom stereocenters. The molecule has 10 heteroatoms. The normalized spacial score (nSPS) is 17.9. The number of ether oxygens (including phenoxy) is 2. The van der Waals surface area contributed by atoms with Crippen molar-refractivity contribution in [1.29, 1.82) is 0 Å². The highest BCUT2D eigenvalue weighted by Crippen LogP contribution is 2.24. The number of amides is 2. The van der Waals surface area contributed by atoms with Crippen molar-refractivity contribution in [2.24, 2.45) is 0 Å². The van der Waals surface area contributed by atoms with Crippen LogP contribution in [0.5, 0.6) is 11.5 Å². The van der Waals surface area contributed by atoms with E-state index in [1.807, 2.05) is 0 Å². The van der Waals surface area contributed by atoms with Gasteiger partial charge in [-0.05, 0) is 18.6 Å². The number of nitrogens with one attached hydrogen (secondary N) is 2. The van der Waals surface area contributed by atoms with Crippen LogP contribution in [0.3, 0.4) is 0 Å². The summed E-state index contributed by atoms with van der Waals surface area (Å²) in [5, 5.41) is 5.34. The Morgan fingerprint density at radius 2 is 1.96 bits per heavy atom. The Morgan fingerprint density at radius 3 is 2.65 bits per heavy atom. The third-order valence-corrected chi connectivity index (χ3v) is 5.02. The Kier molecular flexibility index (Phi) is 6.81. The van der Waals surface area contributed by atoms with E-state index in [-0.39, 0.29) is 38.7 Å². The molecule has 9 nitrogen and oxygen atoms in total. The number of methoxy groups -OCH3 is 1. The molecule has 0 radical (unpaired) electrons. The van der Waals surface area contributed by atoms with Crippen molar-refractivity contribution in [1.82, 2.24) is 14.9 Å². The van der Waals surface area contributed by atoms with Crippen LogP contribution in [0.25, 0.3) is 0 Å². The van der Waals surface area contributed by atoms with E-state index < -0.39 is 15.9 Å². The van der Waals surface area contributed by atoms with Crippen molar-refractivity contribution in [3.05, 3.63) is 23.8 Å². The van der Waals surface area contributed by atoms with E-state index in [4.69, 9.17) is 9.47 Å². The van der Waals surface area contributed by atoms with Crippen molar-refractivity contribution in [3.8, 4) is 11.5 Å². The van der Waals surface area contributed by atoms with E-state index in [9.17, 15) is 18.0 Å². The molecule has 0 aliphatic carbocycles. The van der Waals surface area contributed by atoms with Gasteiger partial charge in [-0.1, -0.05) is 0 Å². The first kappa shape index (κ1) is 20.0. The van der Waals surface area contributed by atoms with Crippen molar-refractivity contribution < 1.29 is 27.5 Å². The molecule has 0 fully saturated rings. The average Bonchev–Trinajstić information content (AvgIpc) is 2.59. The maximum absolute atomic E-state index is 12.4. The van der Waals surface area contributed by atoms with Crippen LogP contribution in [0.1, 0.15) is 16.8 Å². The zero-order valence-electron chi connectivity index (χ0n) is 14.8. The third kappa shape index (κ3) is 5.60. The van der Waals surface area contributed by atoms with Gasteiger partial charge in [-0.15, -0.1) is 0 Å². The summed E-state index contributed by atoms with van der Waals surface area (Å²) in [5.74, 6) is 0.164. The second kappa shape index (κ2) is 8.86. The van der Waals surface area contributed by atoms with E-state index in [0.717, 1.165) is 10.6 Å². The van der Waals surface area contributed by atoms with Gasteiger partial charge in [-0.3, -0.25) is 9.59 Å². The number of carbonyl (C=O) groups excluding carboxylic acids is 2. The van der Waals surface area contributed by atoms with Crippen molar-refractivity contribution in [2.75, 3.05) is 46.2 Å². The summed E-state index contributed by atoms with van der Waals surface area (Å²) in [7, 11) is -2.01. The second-order valence-electron chi connectivity index (χ2n) is 5.77. The van der Waals surface area contributed by atoms with Crippen LogP contribution in [0, 0.1) is 0 Å². The average molecular weight is 385 g/mol. The largest absolute Gasteiger partial charge is 0.497 e. The van der Waals surface area contributed by atoms with Crippen molar-refractivity contribution in [2.45, 2.75) is 6.42 Å². The number of carbonyl (C=O) groups is 2. The Balaban J connectivity index is 2.18. The molecular formula is C16H23N3O6S. The summed E-state index contributed by atoms with van der Waals surface area (Å²) in [6.07, 6.45) is 1.42. The monoisotopic (exact) mass is 385 g/mol. The number of rotatable bonds is 2. The number of hydrogen-bond donors (Lipinski definition) is 2. The minimum absolute atomic E-state index is 0.123. The molecule has 1 aliphatic rings. The first-order chi connectivity index (χ1) is 12.3. The summed E-state index contributed by atoms with van der Waals surface area (Å²) < 4.78 is 35.4. The fourth-order valence-corrected chi connectivity index (χ4v) is 3.23. The lowest BCUT2D eigenvalue weighted by molar-refractivity contribution is -0.121. The quantitative estimate of drug-likeness (QED) is 0.715. The lowest BCUT2D eigenvalue weighted by atomic mass is 10.1. The highest BCUT2D eigenvalue weighted by atomic mass is 32.2. The standard InChI is InChI=1S/C16H23N3O6S/c1-24-12-4-5-13-14(10-12)25-9-7-17-15(20)11-19(26(2,22)23)8-3-6-18-16(13)21/h4-5,10H,3,6-9,11H2,1-2H3,(H,17,20)(H,18,21). The van der Waals surface area contributed by atoms with Gasteiger partial charge >= 0.3 is 0 Å². The molecule has 2 amide bonds.